The van der Waals surface area contributed by atoms with Crippen LogP contribution in [-0.2, 0) is 14.3 Å². The second-order valence-electron chi connectivity index (χ2n) is 6.62. The largest absolute Gasteiger partial charge is 0.449 e. The maximum atomic E-state index is 12.3. The number of esters is 1. The molecule has 150 valence electrons. The summed E-state index contributed by atoms with van der Waals surface area (Å²) < 4.78 is 6.07. The second kappa shape index (κ2) is 8.83. The minimum atomic E-state index is -1.03. The first kappa shape index (κ1) is 20.5. The zero-order chi connectivity index (χ0) is 21.0. The van der Waals surface area contributed by atoms with Gasteiger partial charge in [-0.2, -0.15) is 0 Å². The fourth-order valence-electron chi connectivity index (χ4n) is 2.77. The molecule has 0 aliphatic heterocycles. The van der Waals surface area contributed by atoms with E-state index in [9.17, 15) is 14.4 Å². The average molecular weight is 411 g/mol. The molecule has 8 heteroatoms. The summed E-state index contributed by atoms with van der Waals surface area (Å²) in [7, 11) is 0. The van der Waals surface area contributed by atoms with Gasteiger partial charge in [-0.3, -0.25) is 9.59 Å². The SMILES string of the molecule is Cc1cccc(C)c1NC(=O)CNC(=O)C(C)OC(=O)c1ccc2ncsc2c1. The molecule has 29 heavy (non-hydrogen) atoms. The second-order valence-corrected chi connectivity index (χ2v) is 7.50. The number of thiazole rings is 1. The number of amides is 2. The molecule has 0 fully saturated rings. The van der Waals surface area contributed by atoms with Crippen LogP contribution < -0.4 is 10.6 Å². The molecule has 1 atom stereocenters. The third kappa shape index (κ3) is 4.97. The maximum absolute atomic E-state index is 12.3. The van der Waals surface area contributed by atoms with Crippen molar-refractivity contribution >= 4 is 45.0 Å². The first-order valence-corrected chi connectivity index (χ1v) is 9.91. The van der Waals surface area contributed by atoms with Gasteiger partial charge in [-0.05, 0) is 50.1 Å². The number of nitrogens with one attached hydrogen (secondary N) is 2. The van der Waals surface area contributed by atoms with Crippen molar-refractivity contribution in [3.05, 3.63) is 58.6 Å². The maximum Gasteiger partial charge on any atom is 0.338 e. The Morgan fingerprint density at radius 2 is 1.86 bits per heavy atom. The number of rotatable bonds is 6. The van der Waals surface area contributed by atoms with Crippen LogP contribution in [0.3, 0.4) is 0 Å². The molecule has 0 saturated heterocycles. The molecule has 0 bridgehead atoms. The molecule has 0 spiro atoms. The number of para-hydroxylation sites is 1. The summed E-state index contributed by atoms with van der Waals surface area (Å²) in [6.45, 7) is 5.03. The number of ether oxygens (including phenoxy) is 1. The molecule has 0 aliphatic rings. The molecule has 0 saturated carbocycles. The lowest BCUT2D eigenvalue weighted by Gasteiger charge is -2.15. The number of fused-ring (bicyclic) bond motifs is 1. The van der Waals surface area contributed by atoms with Crippen LogP contribution in [-0.4, -0.2) is 35.4 Å². The highest BCUT2D eigenvalue weighted by molar-refractivity contribution is 7.16. The predicted molar refractivity (Wildman–Crippen MR) is 112 cm³/mol. The highest BCUT2D eigenvalue weighted by Crippen LogP contribution is 2.20. The molecule has 0 radical (unpaired) electrons. The van der Waals surface area contributed by atoms with Crippen LogP contribution in [0.1, 0.15) is 28.4 Å². The van der Waals surface area contributed by atoms with E-state index in [1.165, 1.54) is 18.3 Å². The van der Waals surface area contributed by atoms with E-state index in [1.54, 1.807) is 23.7 Å². The van der Waals surface area contributed by atoms with E-state index in [4.69, 9.17) is 4.74 Å². The molecule has 2 N–H and O–H groups in total. The molecule has 1 unspecified atom stereocenters. The van der Waals surface area contributed by atoms with Gasteiger partial charge in [0.25, 0.3) is 5.91 Å². The number of hydrogen-bond acceptors (Lipinski definition) is 6. The van der Waals surface area contributed by atoms with E-state index in [2.05, 4.69) is 15.6 Å². The van der Waals surface area contributed by atoms with Gasteiger partial charge in [0.05, 0.1) is 27.8 Å². The van der Waals surface area contributed by atoms with Gasteiger partial charge < -0.3 is 15.4 Å². The lowest BCUT2D eigenvalue weighted by Crippen LogP contribution is -2.40. The molecular formula is C21H21N3O4S. The average Bonchev–Trinajstić information content (AvgIpc) is 3.16. The van der Waals surface area contributed by atoms with Crippen molar-refractivity contribution in [2.45, 2.75) is 26.9 Å². The minimum absolute atomic E-state index is 0.221. The third-order valence-electron chi connectivity index (χ3n) is 4.39. The molecule has 2 aromatic carbocycles. The van der Waals surface area contributed by atoms with Crippen molar-refractivity contribution in [1.29, 1.82) is 0 Å². The van der Waals surface area contributed by atoms with E-state index in [-0.39, 0.29) is 12.5 Å². The fourth-order valence-corrected chi connectivity index (χ4v) is 3.49. The van der Waals surface area contributed by atoms with Crippen molar-refractivity contribution < 1.29 is 19.1 Å². The van der Waals surface area contributed by atoms with Gasteiger partial charge >= 0.3 is 5.97 Å². The van der Waals surface area contributed by atoms with Gasteiger partial charge in [-0.15, -0.1) is 11.3 Å². The molecule has 2 amide bonds. The van der Waals surface area contributed by atoms with Crippen molar-refractivity contribution in [3.63, 3.8) is 0 Å². The van der Waals surface area contributed by atoms with Crippen molar-refractivity contribution in [2.24, 2.45) is 0 Å². The summed E-state index contributed by atoms with van der Waals surface area (Å²) in [4.78, 5) is 40.8. The monoisotopic (exact) mass is 411 g/mol. The van der Waals surface area contributed by atoms with Crippen LogP contribution >= 0.6 is 11.3 Å². The van der Waals surface area contributed by atoms with Crippen LogP contribution in [0.2, 0.25) is 0 Å². The van der Waals surface area contributed by atoms with Crippen molar-refractivity contribution in [1.82, 2.24) is 10.3 Å². The summed E-state index contributed by atoms with van der Waals surface area (Å²) >= 11 is 1.42. The predicted octanol–water partition coefficient (Wildman–Crippen LogP) is 3.21. The number of aromatic nitrogens is 1. The number of carbonyl (C=O) groups excluding carboxylic acids is 3. The van der Waals surface area contributed by atoms with E-state index >= 15 is 0 Å². The smallest absolute Gasteiger partial charge is 0.338 e. The number of hydrogen-bond donors (Lipinski definition) is 2. The Balaban J connectivity index is 1.52. The number of carbonyl (C=O) groups is 3. The van der Waals surface area contributed by atoms with E-state index in [0.717, 1.165) is 27.0 Å². The van der Waals surface area contributed by atoms with Crippen LogP contribution in [0, 0.1) is 13.8 Å². The number of nitrogens with zero attached hydrogens (tertiary/aromatic N) is 1. The van der Waals surface area contributed by atoms with Crippen LogP contribution in [0.25, 0.3) is 10.2 Å². The Morgan fingerprint density at radius 3 is 2.59 bits per heavy atom. The highest BCUT2D eigenvalue weighted by atomic mass is 32.1. The first-order valence-electron chi connectivity index (χ1n) is 9.03. The fraction of sp³-hybridized carbons (Fsp3) is 0.238. The highest BCUT2D eigenvalue weighted by Gasteiger charge is 2.20. The van der Waals surface area contributed by atoms with Crippen molar-refractivity contribution in [2.75, 3.05) is 11.9 Å². The number of aryl methyl sites for hydroxylation is 2. The lowest BCUT2D eigenvalue weighted by atomic mass is 10.1. The van der Waals surface area contributed by atoms with Gasteiger partial charge in [-0.25, -0.2) is 9.78 Å². The normalized spacial score (nSPS) is 11.7. The molecule has 3 rings (SSSR count). The van der Waals surface area contributed by atoms with Crippen LogP contribution in [0.4, 0.5) is 5.69 Å². The van der Waals surface area contributed by atoms with Gasteiger partial charge in [0.2, 0.25) is 5.91 Å². The molecular weight excluding hydrogens is 390 g/mol. The van der Waals surface area contributed by atoms with E-state index < -0.39 is 18.0 Å². The summed E-state index contributed by atoms with van der Waals surface area (Å²) in [5, 5.41) is 5.28. The van der Waals surface area contributed by atoms with E-state index in [1.807, 2.05) is 32.0 Å². The molecule has 7 nitrogen and oxygen atoms in total. The van der Waals surface area contributed by atoms with E-state index in [0.29, 0.717) is 5.56 Å². The number of benzene rings is 2. The zero-order valence-electron chi connectivity index (χ0n) is 16.3. The van der Waals surface area contributed by atoms with Crippen LogP contribution in [0.15, 0.2) is 41.9 Å². The zero-order valence-corrected chi connectivity index (χ0v) is 17.1. The van der Waals surface area contributed by atoms with Crippen molar-refractivity contribution in [3.8, 4) is 0 Å². The molecule has 3 aromatic rings. The van der Waals surface area contributed by atoms with Crippen LogP contribution in [0.5, 0.6) is 0 Å². The van der Waals surface area contributed by atoms with Gasteiger partial charge in [0, 0.05) is 5.69 Å². The van der Waals surface area contributed by atoms with Gasteiger partial charge in [-0.1, -0.05) is 18.2 Å². The third-order valence-corrected chi connectivity index (χ3v) is 5.18. The Morgan fingerprint density at radius 1 is 1.14 bits per heavy atom. The Labute approximate surface area is 172 Å². The summed E-state index contributed by atoms with van der Waals surface area (Å²) in [6, 6.07) is 10.7. The first-order chi connectivity index (χ1) is 13.8. The molecule has 0 aliphatic carbocycles. The topological polar surface area (TPSA) is 97.4 Å². The number of anilines is 1. The quantitative estimate of drug-likeness (QED) is 0.607. The summed E-state index contributed by atoms with van der Waals surface area (Å²) in [5.74, 6) is -1.51. The summed E-state index contributed by atoms with van der Waals surface area (Å²) in [5.41, 5.74) is 5.43. The lowest BCUT2D eigenvalue weighted by molar-refractivity contribution is -0.130. The van der Waals surface area contributed by atoms with Gasteiger partial charge in [0.15, 0.2) is 6.10 Å². The molecule has 1 heterocycles. The standard InChI is InChI=1S/C21H21N3O4S/c1-12-5-4-6-13(2)19(12)24-18(25)10-22-20(26)14(3)28-21(27)15-7-8-16-17(9-15)29-11-23-16/h4-9,11,14H,10H2,1-3H3,(H,22,26)(H,24,25). The Hall–Kier alpha value is -3.26. The Kier molecular flexibility index (Phi) is 6.23. The Bertz CT molecular complexity index is 1060. The van der Waals surface area contributed by atoms with Gasteiger partial charge in [0.1, 0.15) is 0 Å². The molecule has 1 aromatic heterocycles. The summed E-state index contributed by atoms with van der Waals surface area (Å²) in [6.07, 6.45) is -1.03. The minimum Gasteiger partial charge on any atom is -0.449 e.